The molecule has 0 aliphatic carbocycles. The number of carbonyl (C=O) groups is 2. The van der Waals surface area contributed by atoms with Crippen molar-refractivity contribution >= 4 is 11.9 Å². The average Bonchev–Trinajstić information content (AvgIpc) is 2.15. The number of esters is 1. The molecular formula is C14H26O4. The first kappa shape index (κ1) is 16.9. The SMILES string of the molecule is CCOC(=O)C(CCC(C)(C)C)(C(=O)O)C(C)C. The molecule has 0 aromatic heterocycles. The van der Waals surface area contributed by atoms with Gasteiger partial charge in [-0.15, -0.1) is 0 Å². The van der Waals surface area contributed by atoms with Crippen molar-refractivity contribution in [2.75, 3.05) is 6.61 Å². The summed E-state index contributed by atoms with van der Waals surface area (Å²) in [4.78, 5) is 23.7. The molecule has 0 aromatic rings. The number of ether oxygens (including phenoxy) is 1. The summed E-state index contributed by atoms with van der Waals surface area (Å²) in [5.74, 6) is -1.99. The zero-order chi connectivity index (χ0) is 14.6. The second-order valence-corrected chi connectivity index (χ2v) is 6.21. The van der Waals surface area contributed by atoms with Gasteiger partial charge in [-0.05, 0) is 31.1 Å². The maximum absolute atomic E-state index is 12.1. The lowest BCUT2D eigenvalue weighted by Gasteiger charge is -2.33. The van der Waals surface area contributed by atoms with E-state index in [-0.39, 0.29) is 17.9 Å². The molecule has 0 bridgehead atoms. The number of carboxylic acids is 1. The van der Waals surface area contributed by atoms with Gasteiger partial charge in [-0.2, -0.15) is 0 Å². The van der Waals surface area contributed by atoms with E-state index in [0.29, 0.717) is 12.8 Å². The highest BCUT2D eigenvalue weighted by molar-refractivity contribution is 5.99. The molecule has 0 saturated carbocycles. The largest absolute Gasteiger partial charge is 0.480 e. The highest BCUT2D eigenvalue weighted by atomic mass is 16.5. The fourth-order valence-electron chi connectivity index (χ4n) is 1.90. The summed E-state index contributed by atoms with van der Waals surface area (Å²) in [6.45, 7) is 11.5. The van der Waals surface area contributed by atoms with Gasteiger partial charge in [0.25, 0.3) is 0 Å². The predicted octanol–water partition coefficient (Wildman–Crippen LogP) is 3.10. The quantitative estimate of drug-likeness (QED) is 0.587. The second-order valence-electron chi connectivity index (χ2n) is 6.21. The Morgan fingerprint density at radius 2 is 1.67 bits per heavy atom. The van der Waals surface area contributed by atoms with Crippen molar-refractivity contribution in [1.82, 2.24) is 0 Å². The number of aliphatic carboxylic acids is 1. The van der Waals surface area contributed by atoms with Gasteiger partial charge in [-0.1, -0.05) is 34.6 Å². The topological polar surface area (TPSA) is 63.6 Å². The smallest absolute Gasteiger partial charge is 0.323 e. The molecule has 4 nitrogen and oxygen atoms in total. The normalized spacial score (nSPS) is 15.3. The van der Waals surface area contributed by atoms with E-state index >= 15 is 0 Å². The molecule has 0 heterocycles. The Hall–Kier alpha value is -1.06. The van der Waals surface area contributed by atoms with Gasteiger partial charge in [-0.25, -0.2) is 0 Å². The van der Waals surface area contributed by atoms with E-state index in [4.69, 9.17) is 4.74 Å². The van der Waals surface area contributed by atoms with Crippen LogP contribution in [0.15, 0.2) is 0 Å². The summed E-state index contributed by atoms with van der Waals surface area (Å²) in [5, 5.41) is 9.49. The van der Waals surface area contributed by atoms with Crippen molar-refractivity contribution in [1.29, 1.82) is 0 Å². The molecule has 106 valence electrons. The van der Waals surface area contributed by atoms with Crippen LogP contribution in [-0.2, 0) is 14.3 Å². The van der Waals surface area contributed by atoms with Crippen molar-refractivity contribution in [3.8, 4) is 0 Å². The molecule has 18 heavy (non-hydrogen) atoms. The van der Waals surface area contributed by atoms with E-state index in [2.05, 4.69) is 0 Å². The van der Waals surface area contributed by atoms with E-state index in [0.717, 1.165) is 0 Å². The Morgan fingerprint density at radius 3 is 1.94 bits per heavy atom. The van der Waals surface area contributed by atoms with E-state index < -0.39 is 17.4 Å². The first-order valence-electron chi connectivity index (χ1n) is 6.48. The van der Waals surface area contributed by atoms with Gasteiger partial charge in [0.05, 0.1) is 6.61 Å². The monoisotopic (exact) mass is 258 g/mol. The molecule has 1 unspecified atom stereocenters. The zero-order valence-corrected chi connectivity index (χ0v) is 12.4. The third-order valence-corrected chi connectivity index (χ3v) is 3.28. The molecule has 0 aromatic carbocycles. The Balaban J connectivity index is 5.24. The number of hydrogen-bond donors (Lipinski definition) is 1. The molecule has 0 aliphatic heterocycles. The van der Waals surface area contributed by atoms with Gasteiger partial charge < -0.3 is 9.84 Å². The molecule has 0 fully saturated rings. The summed E-state index contributed by atoms with van der Waals surface area (Å²) in [5.41, 5.74) is -1.44. The molecular weight excluding hydrogens is 232 g/mol. The first-order valence-corrected chi connectivity index (χ1v) is 6.48. The predicted molar refractivity (Wildman–Crippen MR) is 70.2 cm³/mol. The van der Waals surface area contributed by atoms with Crippen molar-refractivity contribution < 1.29 is 19.4 Å². The van der Waals surface area contributed by atoms with E-state index in [1.165, 1.54) is 0 Å². The van der Waals surface area contributed by atoms with Crippen LogP contribution in [0, 0.1) is 16.7 Å². The van der Waals surface area contributed by atoms with Gasteiger partial charge >= 0.3 is 11.9 Å². The van der Waals surface area contributed by atoms with Gasteiger partial charge in [0, 0.05) is 0 Å². The molecule has 4 heteroatoms. The Kier molecular flexibility index (Phi) is 5.84. The minimum absolute atomic E-state index is 0.0118. The molecule has 0 radical (unpaired) electrons. The first-order chi connectivity index (χ1) is 8.08. The Morgan fingerprint density at radius 1 is 1.17 bits per heavy atom. The number of carboxylic acid groups (broad SMARTS) is 1. The lowest BCUT2D eigenvalue weighted by molar-refractivity contribution is -0.173. The van der Waals surface area contributed by atoms with Crippen molar-refractivity contribution in [3.63, 3.8) is 0 Å². The van der Waals surface area contributed by atoms with Crippen LogP contribution in [0.25, 0.3) is 0 Å². The minimum atomic E-state index is -1.43. The fourth-order valence-corrected chi connectivity index (χ4v) is 1.90. The minimum Gasteiger partial charge on any atom is -0.480 e. The van der Waals surface area contributed by atoms with Gasteiger partial charge in [0.1, 0.15) is 0 Å². The maximum Gasteiger partial charge on any atom is 0.323 e. The molecule has 0 amide bonds. The molecule has 0 saturated heterocycles. The fraction of sp³-hybridized carbons (Fsp3) is 0.857. The van der Waals surface area contributed by atoms with Gasteiger partial charge in [-0.3, -0.25) is 9.59 Å². The van der Waals surface area contributed by atoms with E-state index in [1.54, 1.807) is 20.8 Å². The van der Waals surface area contributed by atoms with Crippen LogP contribution in [0.3, 0.4) is 0 Å². The Bertz CT molecular complexity index is 301. The van der Waals surface area contributed by atoms with Crippen LogP contribution >= 0.6 is 0 Å². The zero-order valence-electron chi connectivity index (χ0n) is 12.4. The van der Waals surface area contributed by atoms with Crippen LogP contribution in [0.4, 0.5) is 0 Å². The summed E-state index contributed by atoms with van der Waals surface area (Å²) in [6, 6.07) is 0. The van der Waals surface area contributed by atoms with Crippen LogP contribution in [0.2, 0.25) is 0 Å². The summed E-state index contributed by atoms with van der Waals surface area (Å²) in [7, 11) is 0. The third kappa shape index (κ3) is 4.00. The van der Waals surface area contributed by atoms with Crippen molar-refractivity contribution in [2.45, 2.75) is 54.4 Å². The second kappa shape index (κ2) is 6.21. The lowest BCUT2D eigenvalue weighted by atomic mass is 9.70. The van der Waals surface area contributed by atoms with Crippen LogP contribution in [0.1, 0.15) is 54.4 Å². The lowest BCUT2D eigenvalue weighted by Crippen LogP contribution is -2.45. The standard InChI is InChI=1S/C14H26O4/c1-7-18-12(17)14(10(2)3,11(15)16)9-8-13(4,5)6/h10H,7-9H2,1-6H3,(H,15,16). The average molecular weight is 258 g/mol. The molecule has 0 rings (SSSR count). The summed E-state index contributed by atoms with van der Waals surface area (Å²) in [6.07, 6.45) is 0.971. The number of hydrogen-bond acceptors (Lipinski definition) is 3. The highest BCUT2D eigenvalue weighted by Gasteiger charge is 2.50. The number of rotatable bonds is 6. The van der Waals surface area contributed by atoms with Crippen LogP contribution in [-0.4, -0.2) is 23.7 Å². The molecule has 0 aliphatic rings. The number of carbonyl (C=O) groups excluding carboxylic acids is 1. The van der Waals surface area contributed by atoms with E-state index in [1.807, 2.05) is 20.8 Å². The summed E-state index contributed by atoms with van der Waals surface area (Å²) < 4.78 is 4.98. The maximum atomic E-state index is 12.1. The molecule has 0 spiro atoms. The third-order valence-electron chi connectivity index (χ3n) is 3.28. The van der Waals surface area contributed by atoms with Crippen LogP contribution < -0.4 is 0 Å². The summed E-state index contributed by atoms with van der Waals surface area (Å²) >= 11 is 0. The van der Waals surface area contributed by atoms with Crippen molar-refractivity contribution in [2.24, 2.45) is 16.7 Å². The van der Waals surface area contributed by atoms with Gasteiger partial charge in [0.15, 0.2) is 5.41 Å². The van der Waals surface area contributed by atoms with Gasteiger partial charge in [0.2, 0.25) is 0 Å². The highest BCUT2D eigenvalue weighted by Crippen LogP contribution is 2.38. The van der Waals surface area contributed by atoms with Crippen LogP contribution in [0.5, 0.6) is 0 Å². The molecule has 1 atom stereocenters. The van der Waals surface area contributed by atoms with Crippen molar-refractivity contribution in [3.05, 3.63) is 0 Å². The molecule has 1 N–H and O–H groups in total. The Labute approximate surface area is 110 Å². The van der Waals surface area contributed by atoms with E-state index in [9.17, 15) is 14.7 Å².